The maximum absolute atomic E-state index is 6.15. The minimum absolute atomic E-state index is 0.305. The zero-order chi connectivity index (χ0) is 19.9. The van der Waals surface area contributed by atoms with Gasteiger partial charge >= 0.3 is 7.12 Å². The molecule has 0 saturated carbocycles. The van der Waals surface area contributed by atoms with Crippen LogP contribution in [0.5, 0.6) is 0 Å². The Morgan fingerprint density at radius 1 is 1.23 bits per heavy atom. The molecule has 1 fully saturated rings. The van der Waals surface area contributed by atoms with Crippen LogP contribution < -0.4 is 10.4 Å². The molecule has 144 valence electrons. The first-order valence-corrected chi connectivity index (χ1v) is 9.23. The van der Waals surface area contributed by atoms with Gasteiger partial charge in [0.15, 0.2) is 5.88 Å². The Labute approximate surface area is 158 Å². The molecule has 26 heavy (non-hydrogen) atoms. The first-order valence-electron chi connectivity index (χ1n) is 9.23. The highest BCUT2D eigenvalue weighted by atomic mass is 16.7. The van der Waals surface area contributed by atoms with Gasteiger partial charge in [0.1, 0.15) is 11.4 Å². The summed E-state index contributed by atoms with van der Waals surface area (Å²) in [4.78, 5) is 6.55. The van der Waals surface area contributed by atoms with E-state index in [4.69, 9.17) is 14.0 Å². The quantitative estimate of drug-likeness (QED) is 0.592. The summed E-state index contributed by atoms with van der Waals surface area (Å²) in [6.07, 6.45) is 2.65. The van der Waals surface area contributed by atoms with Crippen LogP contribution in [0.3, 0.4) is 0 Å². The van der Waals surface area contributed by atoms with E-state index in [0.717, 1.165) is 23.3 Å². The maximum atomic E-state index is 6.15. The molecule has 1 aliphatic heterocycles. The molecule has 0 unspecified atom stereocenters. The maximum Gasteiger partial charge on any atom is 0.496 e. The summed E-state index contributed by atoms with van der Waals surface area (Å²) in [5.41, 5.74) is 0.988. The van der Waals surface area contributed by atoms with E-state index < -0.39 is 7.12 Å². The van der Waals surface area contributed by atoms with Crippen LogP contribution in [-0.2, 0) is 20.5 Å². The number of nitrogens with zero attached hydrogens (tertiary/aromatic N) is 2. The smallest absolute Gasteiger partial charge is 0.474 e. The summed E-state index contributed by atoms with van der Waals surface area (Å²) in [6, 6.07) is 2.10. The van der Waals surface area contributed by atoms with Gasteiger partial charge in [-0.05, 0) is 67.0 Å². The van der Waals surface area contributed by atoms with Gasteiger partial charge < -0.3 is 18.9 Å². The number of aromatic nitrogens is 1. The first kappa shape index (κ1) is 20.8. The molecule has 0 N–H and O–H groups in total. The fraction of sp³-hybridized carbons (Fsp3) is 0.650. The fourth-order valence-corrected chi connectivity index (χ4v) is 2.73. The van der Waals surface area contributed by atoms with Crippen LogP contribution in [0.2, 0.25) is 0 Å². The predicted molar refractivity (Wildman–Crippen MR) is 108 cm³/mol. The number of anilines is 1. The standard InChI is InChI=1S/C20H33BN2O3/c1-11-15-12-16(21-25-19(6,7)20(8,9)26-21)13-22-17(15)23(10)14(2)24-18(3,4)5/h12-13H,2,11H2,1,3-10H3. The van der Waals surface area contributed by atoms with Gasteiger partial charge in [-0.25, -0.2) is 4.98 Å². The lowest BCUT2D eigenvalue weighted by Gasteiger charge is -2.32. The van der Waals surface area contributed by atoms with Crippen LogP contribution in [0.15, 0.2) is 24.7 Å². The molecule has 1 aromatic heterocycles. The highest BCUT2D eigenvalue weighted by molar-refractivity contribution is 6.62. The summed E-state index contributed by atoms with van der Waals surface area (Å²) in [6.45, 7) is 20.4. The molecule has 0 spiro atoms. The third kappa shape index (κ3) is 4.23. The van der Waals surface area contributed by atoms with Gasteiger partial charge in [0.25, 0.3) is 0 Å². The number of hydrogen-bond donors (Lipinski definition) is 0. The molecule has 1 saturated heterocycles. The molecule has 1 aliphatic rings. The Hall–Kier alpha value is -1.53. The van der Waals surface area contributed by atoms with Crippen LogP contribution in [-0.4, -0.2) is 36.0 Å². The highest BCUT2D eigenvalue weighted by Crippen LogP contribution is 2.36. The van der Waals surface area contributed by atoms with Gasteiger partial charge in [-0.2, -0.15) is 0 Å². The van der Waals surface area contributed by atoms with Crippen molar-refractivity contribution in [1.82, 2.24) is 4.98 Å². The third-order valence-corrected chi connectivity index (χ3v) is 4.99. The van der Waals surface area contributed by atoms with Crippen molar-refractivity contribution in [2.45, 2.75) is 78.6 Å². The average Bonchev–Trinajstić information content (AvgIpc) is 2.72. The summed E-state index contributed by atoms with van der Waals surface area (Å²) in [7, 11) is 1.51. The number of pyridine rings is 1. The lowest BCUT2D eigenvalue weighted by molar-refractivity contribution is 0.00578. The topological polar surface area (TPSA) is 43.8 Å². The van der Waals surface area contributed by atoms with E-state index in [9.17, 15) is 0 Å². The molecule has 6 heteroatoms. The Balaban J connectivity index is 2.27. The van der Waals surface area contributed by atoms with E-state index in [0.29, 0.717) is 5.88 Å². The molecule has 1 aromatic rings. The van der Waals surface area contributed by atoms with Gasteiger partial charge in [0.05, 0.1) is 11.2 Å². The van der Waals surface area contributed by atoms with E-state index >= 15 is 0 Å². The van der Waals surface area contributed by atoms with Crippen LogP contribution in [0, 0.1) is 0 Å². The normalized spacial score (nSPS) is 18.7. The lowest BCUT2D eigenvalue weighted by atomic mass is 9.79. The van der Waals surface area contributed by atoms with Crippen molar-refractivity contribution >= 4 is 18.4 Å². The molecule has 0 atom stereocenters. The average molecular weight is 360 g/mol. The van der Waals surface area contributed by atoms with Crippen molar-refractivity contribution in [2.24, 2.45) is 0 Å². The van der Waals surface area contributed by atoms with Crippen molar-refractivity contribution in [2.75, 3.05) is 11.9 Å². The van der Waals surface area contributed by atoms with Gasteiger partial charge in [-0.1, -0.05) is 13.0 Å². The van der Waals surface area contributed by atoms with Crippen molar-refractivity contribution in [3.63, 3.8) is 0 Å². The molecule has 2 rings (SSSR count). The molecule has 2 heterocycles. The SMILES string of the molecule is C=C(OC(C)(C)C)N(C)c1ncc(B2OC(C)(C)C(C)(C)O2)cc1CC. The van der Waals surface area contributed by atoms with E-state index in [1.807, 2.05) is 38.9 Å². The van der Waals surface area contributed by atoms with Gasteiger partial charge in [0.2, 0.25) is 0 Å². The Morgan fingerprint density at radius 2 is 1.77 bits per heavy atom. The minimum atomic E-state index is -0.411. The Bertz CT molecular complexity index is 664. The Kier molecular flexibility index (Phi) is 5.51. The molecule has 0 aromatic carbocycles. The van der Waals surface area contributed by atoms with Crippen molar-refractivity contribution in [1.29, 1.82) is 0 Å². The minimum Gasteiger partial charge on any atom is -0.474 e. The highest BCUT2D eigenvalue weighted by Gasteiger charge is 2.51. The largest absolute Gasteiger partial charge is 0.496 e. The van der Waals surface area contributed by atoms with Gasteiger partial charge in [0, 0.05) is 18.7 Å². The summed E-state index contributed by atoms with van der Waals surface area (Å²) >= 11 is 0. The van der Waals surface area contributed by atoms with Crippen molar-refractivity contribution in [3.8, 4) is 0 Å². The molecule has 0 bridgehead atoms. The van der Waals surface area contributed by atoms with E-state index in [1.54, 1.807) is 0 Å². The summed E-state index contributed by atoms with van der Waals surface area (Å²) < 4.78 is 18.2. The van der Waals surface area contributed by atoms with Crippen molar-refractivity contribution in [3.05, 3.63) is 30.3 Å². The molecule has 0 amide bonds. The second-order valence-corrected chi connectivity index (χ2v) is 8.86. The van der Waals surface area contributed by atoms with Crippen molar-refractivity contribution < 1.29 is 14.0 Å². The predicted octanol–water partition coefficient (Wildman–Crippen LogP) is 3.67. The lowest BCUT2D eigenvalue weighted by Crippen LogP contribution is -2.41. The zero-order valence-electron chi connectivity index (χ0n) is 17.8. The van der Waals surface area contributed by atoms with Crippen LogP contribution in [0.25, 0.3) is 0 Å². The van der Waals surface area contributed by atoms with E-state index in [2.05, 4.69) is 52.2 Å². The molecular weight excluding hydrogens is 327 g/mol. The van der Waals surface area contributed by atoms with E-state index in [1.165, 1.54) is 0 Å². The number of rotatable bonds is 5. The molecular formula is C20H33BN2O3. The van der Waals surface area contributed by atoms with Crippen LogP contribution in [0.1, 0.15) is 61.0 Å². The monoisotopic (exact) mass is 360 g/mol. The second kappa shape index (κ2) is 6.89. The second-order valence-electron chi connectivity index (χ2n) is 8.86. The summed E-state index contributed by atoms with van der Waals surface area (Å²) in [5.74, 6) is 1.41. The van der Waals surface area contributed by atoms with Gasteiger partial charge in [-0.15, -0.1) is 0 Å². The number of ether oxygens (including phenoxy) is 1. The van der Waals surface area contributed by atoms with Crippen LogP contribution in [0.4, 0.5) is 5.82 Å². The first-order chi connectivity index (χ1) is 11.8. The van der Waals surface area contributed by atoms with Crippen LogP contribution >= 0.6 is 0 Å². The zero-order valence-corrected chi connectivity index (χ0v) is 17.8. The number of aryl methyl sites for hydroxylation is 1. The molecule has 0 aliphatic carbocycles. The summed E-state index contributed by atoms with van der Waals surface area (Å²) in [5, 5.41) is 0. The van der Waals surface area contributed by atoms with Gasteiger partial charge in [-0.3, -0.25) is 0 Å². The Morgan fingerprint density at radius 3 is 2.23 bits per heavy atom. The fourth-order valence-electron chi connectivity index (χ4n) is 2.73. The number of hydrogen-bond acceptors (Lipinski definition) is 5. The molecule has 5 nitrogen and oxygen atoms in total. The third-order valence-electron chi connectivity index (χ3n) is 4.99. The molecule has 0 radical (unpaired) electrons. The van der Waals surface area contributed by atoms with E-state index in [-0.39, 0.29) is 16.8 Å².